The van der Waals surface area contributed by atoms with E-state index >= 15 is 0 Å². The first-order valence-electron chi connectivity index (χ1n) is 5.93. The van der Waals surface area contributed by atoms with E-state index in [1.54, 1.807) is 49.8 Å². The summed E-state index contributed by atoms with van der Waals surface area (Å²) in [5.41, 5.74) is 1.67. The Bertz CT molecular complexity index is 625. The lowest BCUT2D eigenvalue weighted by molar-refractivity contribution is 0.597. The van der Waals surface area contributed by atoms with Crippen LogP contribution in [-0.4, -0.2) is 24.1 Å². The number of rotatable bonds is 5. The van der Waals surface area contributed by atoms with Crippen molar-refractivity contribution in [3.05, 3.63) is 48.5 Å². The Morgan fingerprint density at radius 3 is 2.47 bits per heavy atom. The molecule has 19 heavy (non-hydrogen) atoms. The molecule has 1 heterocycles. The van der Waals surface area contributed by atoms with Gasteiger partial charge in [-0.25, -0.2) is 8.42 Å². The third kappa shape index (κ3) is 3.51. The van der Waals surface area contributed by atoms with Gasteiger partial charge in [-0.15, -0.1) is 0 Å². The van der Waals surface area contributed by atoms with Crippen molar-refractivity contribution in [3.8, 4) is 0 Å². The SMILES string of the molecule is CCS(=O)(=O)c1ccc(NCc2cnccn2)cc1. The van der Waals surface area contributed by atoms with Gasteiger partial charge in [0.1, 0.15) is 0 Å². The van der Waals surface area contributed by atoms with Crippen LogP contribution in [0.15, 0.2) is 47.8 Å². The molecule has 0 amide bonds. The van der Waals surface area contributed by atoms with E-state index in [0.29, 0.717) is 11.4 Å². The molecule has 0 fully saturated rings. The number of benzene rings is 1. The van der Waals surface area contributed by atoms with Gasteiger partial charge in [-0.3, -0.25) is 9.97 Å². The predicted molar refractivity (Wildman–Crippen MR) is 73.5 cm³/mol. The molecule has 5 nitrogen and oxygen atoms in total. The van der Waals surface area contributed by atoms with E-state index in [1.807, 2.05) is 0 Å². The second kappa shape index (κ2) is 5.79. The van der Waals surface area contributed by atoms with Gasteiger partial charge in [0, 0.05) is 18.1 Å². The fourth-order valence-electron chi connectivity index (χ4n) is 1.56. The molecule has 2 aromatic rings. The number of aromatic nitrogens is 2. The van der Waals surface area contributed by atoms with E-state index in [2.05, 4.69) is 15.3 Å². The van der Waals surface area contributed by atoms with Crippen molar-refractivity contribution < 1.29 is 8.42 Å². The lowest BCUT2D eigenvalue weighted by atomic mass is 10.3. The zero-order valence-electron chi connectivity index (χ0n) is 10.6. The molecule has 1 N–H and O–H groups in total. The van der Waals surface area contributed by atoms with Crippen molar-refractivity contribution in [3.63, 3.8) is 0 Å². The first-order valence-corrected chi connectivity index (χ1v) is 7.58. The zero-order chi connectivity index (χ0) is 13.7. The largest absolute Gasteiger partial charge is 0.379 e. The van der Waals surface area contributed by atoms with Gasteiger partial charge in [-0.1, -0.05) is 6.92 Å². The molecule has 1 aromatic heterocycles. The van der Waals surface area contributed by atoms with E-state index in [-0.39, 0.29) is 5.75 Å². The number of sulfone groups is 1. The zero-order valence-corrected chi connectivity index (χ0v) is 11.4. The summed E-state index contributed by atoms with van der Waals surface area (Å²) < 4.78 is 23.3. The van der Waals surface area contributed by atoms with E-state index in [1.165, 1.54) is 0 Å². The molecule has 6 heteroatoms. The Balaban J connectivity index is 2.04. The van der Waals surface area contributed by atoms with Gasteiger partial charge in [0.2, 0.25) is 0 Å². The molecule has 0 aliphatic rings. The van der Waals surface area contributed by atoms with Gasteiger partial charge < -0.3 is 5.32 Å². The van der Waals surface area contributed by atoms with E-state index in [4.69, 9.17) is 0 Å². The quantitative estimate of drug-likeness (QED) is 0.903. The Kier molecular flexibility index (Phi) is 4.11. The summed E-state index contributed by atoms with van der Waals surface area (Å²) >= 11 is 0. The molecule has 0 aliphatic heterocycles. The average Bonchev–Trinajstić information content (AvgIpc) is 2.47. The van der Waals surface area contributed by atoms with Crippen LogP contribution >= 0.6 is 0 Å². The molecular weight excluding hydrogens is 262 g/mol. The molecule has 2 rings (SSSR count). The summed E-state index contributed by atoms with van der Waals surface area (Å²) in [6.45, 7) is 2.18. The van der Waals surface area contributed by atoms with Crippen molar-refractivity contribution in [1.82, 2.24) is 9.97 Å². The smallest absolute Gasteiger partial charge is 0.178 e. The van der Waals surface area contributed by atoms with Crippen molar-refractivity contribution >= 4 is 15.5 Å². The molecule has 100 valence electrons. The third-order valence-electron chi connectivity index (χ3n) is 2.68. The van der Waals surface area contributed by atoms with Gasteiger partial charge >= 0.3 is 0 Å². The van der Waals surface area contributed by atoms with Gasteiger partial charge in [-0.2, -0.15) is 0 Å². The molecule has 0 radical (unpaired) electrons. The fourth-order valence-corrected chi connectivity index (χ4v) is 2.44. The van der Waals surface area contributed by atoms with Gasteiger partial charge in [0.15, 0.2) is 9.84 Å². The highest BCUT2D eigenvalue weighted by atomic mass is 32.2. The van der Waals surface area contributed by atoms with Gasteiger partial charge in [0.25, 0.3) is 0 Å². The number of hydrogen-bond donors (Lipinski definition) is 1. The summed E-state index contributed by atoms with van der Waals surface area (Å²) in [5, 5.41) is 3.16. The van der Waals surface area contributed by atoms with Crippen LogP contribution in [0, 0.1) is 0 Å². The van der Waals surface area contributed by atoms with E-state index in [0.717, 1.165) is 11.4 Å². The van der Waals surface area contributed by atoms with Crippen LogP contribution in [0.5, 0.6) is 0 Å². The molecule has 0 spiro atoms. The molecule has 1 aromatic carbocycles. The highest BCUT2D eigenvalue weighted by Gasteiger charge is 2.10. The fraction of sp³-hybridized carbons (Fsp3) is 0.231. The van der Waals surface area contributed by atoms with Crippen molar-refractivity contribution in [2.75, 3.05) is 11.1 Å². The third-order valence-corrected chi connectivity index (χ3v) is 4.43. The molecule has 0 unspecified atom stereocenters. The minimum Gasteiger partial charge on any atom is -0.379 e. The van der Waals surface area contributed by atoms with Gasteiger partial charge in [0.05, 0.1) is 29.1 Å². The lowest BCUT2D eigenvalue weighted by Gasteiger charge is -2.07. The first kappa shape index (κ1) is 13.5. The Hall–Kier alpha value is -1.95. The standard InChI is InChI=1S/C13H15N3O2S/c1-2-19(17,18)13-5-3-11(4-6-13)16-10-12-9-14-7-8-15-12/h3-9,16H,2,10H2,1H3. The van der Waals surface area contributed by atoms with Crippen LogP contribution < -0.4 is 5.32 Å². The van der Waals surface area contributed by atoms with Crippen molar-refractivity contribution in [1.29, 1.82) is 0 Å². The molecule has 0 atom stereocenters. The maximum Gasteiger partial charge on any atom is 0.178 e. The summed E-state index contributed by atoms with van der Waals surface area (Å²) in [5.74, 6) is 0.110. The summed E-state index contributed by atoms with van der Waals surface area (Å²) in [6.07, 6.45) is 4.94. The normalized spacial score (nSPS) is 11.2. The molecule has 0 saturated heterocycles. The summed E-state index contributed by atoms with van der Waals surface area (Å²) in [7, 11) is -3.13. The maximum atomic E-state index is 11.7. The highest BCUT2D eigenvalue weighted by Crippen LogP contribution is 2.15. The number of anilines is 1. The van der Waals surface area contributed by atoms with E-state index < -0.39 is 9.84 Å². The average molecular weight is 277 g/mol. The monoisotopic (exact) mass is 277 g/mol. The Morgan fingerprint density at radius 2 is 1.89 bits per heavy atom. The first-order chi connectivity index (χ1) is 9.12. The Labute approximate surface area is 112 Å². The molecule has 0 bridgehead atoms. The lowest BCUT2D eigenvalue weighted by Crippen LogP contribution is -2.05. The van der Waals surface area contributed by atoms with Crippen LogP contribution in [-0.2, 0) is 16.4 Å². The molecule has 0 aliphatic carbocycles. The van der Waals surface area contributed by atoms with Crippen LogP contribution in [0.4, 0.5) is 5.69 Å². The second-order valence-electron chi connectivity index (χ2n) is 3.98. The van der Waals surface area contributed by atoms with Gasteiger partial charge in [-0.05, 0) is 24.3 Å². The van der Waals surface area contributed by atoms with Crippen LogP contribution in [0.1, 0.15) is 12.6 Å². The second-order valence-corrected chi connectivity index (χ2v) is 6.26. The highest BCUT2D eigenvalue weighted by molar-refractivity contribution is 7.91. The predicted octanol–water partition coefficient (Wildman–Crippen LogP) is 1.88. The number of nitrogens with zero attached hydrogens (tertiary/aromatic N) is 2. The van der Waals surface area contributed by atoms with Crippen molar-refractivity contribution in [2.45, 2.75) is 18.4 Å². The number of nitrogens with one attached hydrogen (secondary N) is 1. The molecule has 0 saturated carbocycles. The topological polar surface area (TPSA) is 72.0 Å². The number of hydrogen-bond acceptors (Lipinski definition) is 5. The summed E-state index contributed by atoms with van der Waals surface area (Å²) in [6, 6.07) is 6.72. The van der Waals surface area contributed by atoms with Crippen LogP contribution in [0.3, 0.4) is 0 Å². The van der Waals surface area contributed by atoms with Crippen LogP contribution in [0.2, 0.25) is 0 Å². The summed E-state index contributed by atoms with van der Waals surface area (Å²) in [4.78, 5) is 8.46. The van der Waals surface area contributed by atoms with E-state index in [9.17, 15) is 8.42 Å². The Morgan fingerprint density at radius 1 is 1.16 bits per heavy atom. The maximum absolute atomic E-state index is 11.7. The molecular formula is C13H15N3O2S. The minimum atomic E-state index is -3.13. The minimum absolute atomic E-state index is 0.110. The van der Waals surface area contributed by atoms with Crippen molar-refractivity contribution in [2.24, 2.45) is 0 Å². The van der Waals surface area contributed by atoms with Crippen LogP contribution in [0.25, 0.3) is 0 Å².